The number of aromatic amines is 1. The van der Waals surface area contributed by atoms with Gasteiger partial charge in [-0.05, 0) is 19.1 Å². The highest BCUT2D eigenvalue weighted by atomic mass is 35.5. The number of fused-ring (bicyclic) bond motifs is 1. The van der Waals surface area contributed by atoms with Gasteiger partial charge >= 0.3 is 5.97 Å². The van der Waals surface area contributed by atoms with Gasteiger partial charge in [-0.25, -0.2) is 9.18 Å². The van der Waals surface area contributed by atoms with Crippen LogP contribution in [0, 0.1) is 5.82 Å². The molecule has 0 bridgehead atoms. The molecule has 0 radical (unpaired) electrons. The zero-order chi connectivity index (χ0) is 13.3. The van der Waals surface area contributed by atoms with Gasteiger partial charge in [-0.15, -0.1) is 0 Å². The van der Waals surface area contributed by atoms with Gasteiger partial charge in [0.2, 0.25) is 5.43 Å². The van der Waals surface area contributed by atoms with Crippen LogP contribution in [0.5, 0.6) is 0 Å². The lowest BCUT2D eigenvalue weighted by molar-refractivity contribution is 0.0524. The van der Waals surface area contributed by atoms with E-state index in [0.29, 0.717) is 0 Å². The molecule has 0 atom stereocenters. The fourth-order valence-electron chi connectivity index (χ4n) is 1.63. The Bertz CT molecular complexity index is 681. The van der Waals surface area contributed by atoms with Crippen molar-refractivity contribution in [3.05, 3.63) is 45.0 Å². The molecule has 1 N–H and O–H groups in total. The van der Waals surface area contributed by atoms with E-state index in [0.717, 1.165) is 12.1 Å². The fourth-order valence-corrected chi connectivity index (χ4v) is 1.92. The van der Waals surface area contributed by atoms with E-state index >= 15 is 0 Å². The summed E-state index contributed by atoms with van der Waals surface area (Å²) in [5.74, 6) is -1.30. The number of H-pyrrole nitrogens is 1. The Balaban J connectivity index is 2.72. The molecule has 0 saturated heterocycles. The minimum atomic E-state index is -0.735. The van der Waals surface area contributed by atoms with Crippen molar-refractivity contribution < 1.29 is 13.9 Å². The summed E-state index contributed by atoms with van der Waals surface area (Å²) < 4.78 is 17.9. The van der Waals surface area contributed by atoms with Gasteiger partial charge in [0, 0.05) is 6.20 Å². The van der Waals surface area contributed by atoms with Crippen molar-refractivity contribution in [2.75, 3.05) is 6.61 Å². The molecule has 18 heavy (non-hydrogen) atoms. The van der Waals surface area contributed by atoms with Gasteiger partial charge in [-0.3, -0.25) is 4.79 Å². The maximum absolute atomic E-state index is 13.1. The number of benzene rings is 1. The number of halogens is 2. The van der Waals surface area contributed by atoms with Gasteiger partial charge in [-0.1, -0.05) is 11.6 Å². The first-order valence-corrected chi connectivity index (χ1v) is 5.60. The average Bonchev–Trinajstić information content (AvgIpc) is 2.28. The Labute approximate surface area is 106 Å². The third kappa shape index (κ3) is 2.09. The molecular weight excluding hydrogens is 261 g/mol. The molecule has 4 nitrogen and oxygen atoms in total. The molecule has 6 heteroatoms. The minimum Gasteiger partial charge on any atom is -0.462 e. The van der Waals surface area contributed by atoms with Crippen LogP contribution >= 0.6 is 11.6 Å². The largest absolute Gasteiger partial charge is 0.462 e. The van der Waals surface area contributed by atoms with Crippen LogP contribution in [0.4, 0.5) is 4.39 Å². The third-order valence-corrected chi connectivity index (χ3v) is 2.69. The molecule has 2 rings (SSSR count). The molecule has 1 heterocycles. The van der Waals surface area contributed by atoms with Crippen molar-refractivity contribution in [2.24, 2.45) is 0 Å². The van der Waals surface area contributed by atoms with E-state index in [4.69, 9.17) is 16.3 Å². The smallest absolute Gasteiger partial charge is 0.343 e. The van der Waals surface area contributed by atoms with E-state index in [-0.39, 0.29) is 28.1 Å². The predicted octanol–water partition coefficient (Wildman–Crippen LogP) is 2.50. The van der Waals surface area contributed by atoms with Gasteiger partial charge < -0.3 is 9.72 Å². The summed E-state index contributed by atoms with van der Waals surface area (Å²) in [6, 6.07) is 2.16. The molecule has 0 aliphatic carbocycles. The SMILES string of the molecule is CCOC(=O)c1c[nH]c2cc(F)cc(Cl)c2c1=O. The zero-order valence-electron chi connectivity index (χ0n) is 9.42. The minimum absolute atomic E-state index is 0.0441. The van der Waals surface area contributed by atoms with Gasteiger partial charge in [0.05, 0.1) is 22.5 Å². The van der Waals surface area contributed by atoms with Crippen LogP contribution in [0.3, 0.4) is 0 Å². The molecule has 0 fully saturated rings. The second-order valence-corrected chi connectivity index (χ2v) is 3.97. The number of pyridine rings is 1. The summed E-state index contributed by atoms with van der Waals surface area (Å²) in [4.78, 5) is 26.2. The molecule has 0 saturated carbocycles. The number of rotatable bonds is 2. The Morgan fingerprint density at radius 3 is 2.89 bits per heavy atom. The standard InChI is InChI=1S/C12H9ClFNO3/c1-2-18-12(17)7-5-15-9-4-6(14)3-8(13)10(9)11(7)16/h3-5H,2H2,1H3,(H,15,16). The van der Waals surface area contributed by atoms with Crippen LogP contribution in [-0.2, 0) is 4.74 Å². The normalized spacial score (nSPS) is 10.6. The summed E-state index contributed by atoms with van der Waals surface area (Å²) in [7, 11) is 0. The number of carbonyl (C=O) groups is 1. The third-order valence-electron chi connectivity index (χ3n) is 2.39. The first-order valence-electron chi connectivity index (χ1n) is 5.22. The van der Waals surface area contributed by atoms with Gasteiger partial charge in [0.15, 0.2) is 0 Å². The molecule has 0 spiro atoms. The average molecular weight is 270 g/mol. The maximum atomic E-state index is 13.1. The van der Waals surface area contributed by atoms with Crippen LogP contribution < -0.4 is 5.43 Å². The maximum Gasteiger partial charge on any atom is 0.343 e. The quantitative estimate of drug-likeness (QED) is 0.852. The van der Waals surface area contributed by atoms with Gasteiger partial charge in [0.1, 0.15) is 11.4 Å². The van der Waals surface area contributed by atoms with Crippen LogP contribution in [-0.4, -0.2) is 17.6 Å². The van der Waals surface area contributed by atoms with E-state index in [1.165, 1.54) is 6.20 Å². The first-order chi connectivity index (χ1) is 8.54. The molecule has 94 valence electrons. The van der Waals surface area contributed by atoms with Crippen molar-refractivity contribution in [3.8, 4) is 0 Å². The predicted molar refractivity (Wildman–Crippen MR) is 65.5 cm³/mol. The summed E-state index contributed by atoms with van der Waals surface area (Å²) in [5.41, 5.74) is -0.497. The second-order valence-electron chi connectivity index (χ2n) is 3.56. The number of hydrogen-bond acceptors (Lipinski definition) is 3. The lowest BCUT2D eigenvalue weighted by Crippen LogP contribution is -2.18. The van der Waals surface area contributed by atoms with Crippen molar-refractivity contribution in [3.63, 3.8) is 0 Å². The monoisotopic (exact) mass is 269 g/mol. The Hall–Kier alpha value is -1.88. The Morgan fingerprint density at radius 2 is 2.22 bits per heavy atom. The highest BCUT2D eigenvalue weighted by molar-refractivity contribution is 6.35. The highest BCUT2D eigenvalue weighted by Gasteiger charge is 2.16. The van der Waals surface area contributed by atoms with Crippen LogP contribution in [0.2, 0.25) is 5.02 Å². The van der Waals surface area contributed by atoms with E-state index < -0.39 is 17.2 Å². The number of carbonyl (C=O) groups excluding carboxylic acids is 1. The molecular formula is C12H9ClFNO3. The summed E-state index contributed by atoms with van der Waals surface area (Å²) in [6.45, 7) is 1.79. The molecule has 2 aromatic rings. The number of nitrogens with one attached hydrogen (secondary N) is 1. The van der Waals surface area contributed by atoms with Crippen molar-refractivity contribution in [1.29, 1.82) is 0 Å². The summed E-state index contributed by atoms with van der Waals surface area (Å²) in [6.07, 6.45) is 1.19. The zero-order valence-corrected chi connectivity index (χ0v) is 10.2. The molecule has 0 aliphatic rings. The van der Waals surface area contributed by atoms with Crippen molar-refractivity contribution in [2.45, 2.75) is 6.92 Å². The molecule has 0 unspecified atom stereocenters. The first kappa shape index (κ1) is 12.6. The van der Waals surface area contributed by atoms with E-state index in [2.05, 4.69) is 4.98 Å². The van der Waals surface area contributed by atoms with Crippen LogP contribution in [0.1, 0.15) is 17.3 Å². The lowest BCUT2D eigenvalue weighted by Gasteiger charge is -2.04. The molecule has 1 aromatic heterocycles. The lowest BCUT2D eigenvalue weighted by atomic mass is 10.1. The highest BCUT2D eigenvalue weighted by Crippen LogP contribution is 2.21. The number of esters is 1. The Kier molecular flexibility index (Phi) is 3.34. The summed E-state index contributed by atoms with van der Waals surface area (Å²) >= 11 is 5.81. The van der Waals surface area contributed by atoms with E-state index in [1.54, 1.807) is 6.92 Å². The topological polar surface area (TPSA) is 59.2 Å². The van der Waals surface area contributed by atoms with E-state index in [9.17, 15) is 14.0 Å². The van der Waals surface area contributed by atoms with Crippen LogP contribution in [0.25, 0.3) is 10.9 Å². The molecule has 0 amide bonds. The van der Waals surface area contributed by atoms with Gasteiger partial charge in [-0.2, -0.15) is 0 Å². The number of hydrogen-bond donors (Lipinski definition) is 1. The fraction of sp³-hybridized carbons (Fsp3) is 0.167. The number of aromatic nitrogens is 1. The van der Waals surface area contributed by atoms with Crippen LogP contribution in [0.15, 0.2) is 23.1 Å². The Morgan fingerprint density at radius 1 is 1.50 bits per heavy atom. The van der Waals surface area contributed by atoms with Crippen molar-refractivity contribution >= 4 is 28.5 Å². The molecule has 1 aromatic carbocycles. The number of ether oxygens (including phenoxy) is 1. The summed E-state index contributed by atoms with van der Waals surface area (Å²) in [5, 5.41) is 0.0287. The molecule has 0 aliphatic heterocycles. The second kappa shape index (κ2) is 4.78. The van der Waals surface area contributed by atoms with Gasteiger partial charge in [0.25, 0.3) is 0 Å². The van der Waals surface area contributed by atoms with E-state index in [1.807, 2.05) is 0 Å². The van der Waals surface area contributed by atoms with Crippen molar-refractivity contribution in [1.82, 2.24) is 4.98 Å².